The van der Waals surface area contributed by atoms with E-state index < -0.39 is 0 Å². The van der Waals surface area contributed by atoms with E-state index >= 15 is 0 Å². The molecule has 19 heavy (non-hydrogen) atoms. The van der Waals surface area contributed by atoms with Crippen molar-refractivity contribution in [2.24, 2.45) is 10.8 Å². The van der Waals surface area contributed by atoms with Gasteiger partial charge in [0.15, 0.2) is 0 Å². The highest BCUT2D eigenvalue weighted by molar-refractivity contribution is 4.79. The summed E-state index contributed by atoms with van der Waals surface area (Å²) < 4.78 is 0. The molecule has 0 spiro atoms. The van der Waals surface area contributed by atoms with E-state index in [9.17, 15) is 0 Å². The van der Waals surface area contributed by atoms with Crippen LogP contribution in [0.1, 0.15) is 99.3 Å². The highest BCUT2D eigenvalue weighted by Crippen LogP contribution is 2.41. The minimum Gasteiger partial charge on any atom is -0.344 e. The van der Waals surface area contributed by atoms with Crippen molar-refractivity contribution in [1.82, 2.24) is 12.3 Å². The Morgan fingerprint density at radius 2 is 0.684 bits per heavy atom. The van der Waals surface area contributed by atoms with Gasteiger partial charge >= 0.3 is 0 Å². The van der Waals surface area contributed by atoms with E-state index in [0.717, 1.165) is 0 Å². The van der Waals surface area contributed by atoms with E-state index in [1.807, 2.05) is 0 Å². The Hall–Kier alpha value is -0.0800. The topological polar surface area (TPSA) is 70.0 Å². The number of hydrogen-bond donors (Lipinski definition) is 2. The van der Waals surface area contributed by atoms with Crippen LogP contribution in [0.4, 0.5) is 0 Å². The molecule has 2 nitrogen and oxygen atoms in total. The predicted molar refractivity (Wildman–Crippen MR) is 90.5 cm³/mol. The monoisotopic (exact) mass is 274 g/mol. The Kier molecular flexibility index (Phi) is 14.8. The Morgan fingerprint density at radius 1 is 0.474 bits per heavy atom. The second-order valence-electron chi connectivity index (χ2n) is 5.97. The zero-order valence-electron chi connectivity index (χ0n) is 14.8. The molecule has 0 unspecified atom stereocenters. The van der Waals surface area contributed by atoms with Gasteiger partial charge in [0, 0.05) is 0 Å². The molecule has 0 aromatic heterocycles. The second kappa shape index (κ2) is 11.7. The van der Waals surface area contributed by atoms with Crippen molar-refractivity contribution in [1.29, 1.82) is 0 Å². The highest BCUT2D eigenvalue weighted by Gasteiger charge is 2.27. The predicted octanol–water partition coefficient (Wildman–Crippen LogP) is 6.91. The average Bonchev–Trinajstić information content (AvgIpc) is 2.41. The summed E-state index contributed by atoms with van der Waals surface area (Å²) in [6.45, 7) is 14.2. The third kappa shape index (κ3) is 6.76. The average molecular weight is 275 g/mol. The van der Waals surface area contributed by atoms with Gasteiger partial charge < -0.3 is 12.3 Å². The Labute approximate surface area is 123 Å². The first-order valence-electron chi connectivity index (χ1n) is 8.07. The molecule has 0 radical (unpaired) electrons. The molecule has 0 amide bonds. The lowest BCUT2D eigenvalue weighted by Gasteiger charge is -2.34. The van der Waals surface area contributed by atoms with Gasteiger partial charge in [0.25, 0.3) is 0 Å². The summed E-state index contributed by atoms with van der Waals surface area (Å²) in [7, 11) is 0. The molecule has 0 heterocycles. The van der Waals surface area contributed by atoms with Crippen molar-refractivity contribution in [2.75, 3.05) is 0 Å². The van der Waals surface area contributed by atoms with Gasteiger partial charge in [-0.3, -0.25) is 0 Å². The number of rotatable bonds is 10. The first-order valence-corrected chi connectivity index (χ1v) is 8.07. The minimum atomic E-state index is 0. The van der Waals surface area contributed by atoms with Gasteiger partial charge in [0.2, 0.25) is 0 Å². The van der Waals surface area contributed by atoms with Crippen LogP contribution in [0.15, 0.2) is 0 Å². The van der Waals surface area contributed by atoms with Crippen molar-refractivity contribution in [3.63, 3.8) is 0 Å². The third-order valence-electron chi connectivity index (χ3n) is 5.91. The first-order chi connectivity index (χ1) is 8.07. The molecule has 0 atom stereocenters. The van der Waals surface area contributed by atoms with Crippen LogP contribution in [0.25, 0.3) is 0 Å². The molecule has 6 N–H and O–H groups in total. The van der Waals surface area contributed by atoms with Crippen molar-refractivity contribution < 1.29 is 0 Å². The summed E-state index contributed by atoms with van der Waals surface area (Å²) in [5, 5.41) is 0. The normalized spacial score (nSPS) is 11.7. The fourth-order valence-electron chi connectivity index (χ4n) is 3.40. The van der Waals surface area contributed by atoms with E-state index in [1.54, 1.807) is 0 Å². The molecule has 0 saturated heterocycles. The van der Waals surface area contributed by atoms with Gasteiger partial charge in [-0.2, -0.15) is 0 Å². The maximum atomic E-state index is 2.37. The summed E-state index contributed by atoms with van der Waals surface area (Å²) >= 11 is 0. The zero-order chi connectivity index (χ0) is 13.4. The molecule has 0 saturated carbocycles. The molecule has 0 aliphatic rings. The zero-order valence-corrected chi connectivity index (χ0v) is 14.8. The molecule has 2 heteroatoms. The molecular weight excluding hydrogens is 232 g/mol. The summed E-state index contributed by atoms with van der Waals surface area (Å²) in [5.74, 6) is 0. The lowest BCUT2D eigenvalue weighted by Crippen LogP contribution is -2.21. The summed E-state index contributed by atoms with van der Waals surface area (Å²) in [4.78, 5) is 0. The van der Waals surface area contributed by atoms with Crippen molar-refractivity contribution in [2.45, 2.75) is 99.3 Å². The van der Waals surface area contributed by atoms with Crippen LogP contribution in [-0.2, 0) is 0 Å². The molecule has 0 fully saturated rings. The molecule has 120 valence electrons. The van der Waals surface area contributed by atoms with Gasteiger partial charge in [-0.05, 0) is 23.7 Å². The summed E-state index contributed by atoms with van der Waals surface area (Å²) in [6.07, 6.45) is 12.5. The lowest BCUT2D eigenvalue weighted by molar-refractivity contribution is 0.175. The highest BCUT2D eigenvalue weighted by atomic mass is 14.3. The maximum Gasteiger partial charge on any atom is -0.0305 e. The van der Waals surface area contributed by atoms with Gasteiger partial charge in [-0.1, -0.05) is 86.5 Å². The molecule has 0 aromatic rings. The summed E-state index contributed by atoms with van der Waals surface area (Å²) in [5.41, 5.74) is 1.28. The van der Waals surface area contributed by atoms with E-state index in [2.05, 4.69) is 41.5 Å². The quantitative estimate of drug-likeness (QED) is 0.454. The second-order valence-corrected chi connectivity index (χ2v) is 5.97. The fraction of sp³-hybridized carbons (Fsp3) is 1.00. The molecule has 0 bridgehead atoms. The molecule has 0 rings (SSSR count). The van der Waals surface area contributed by atoms with Crippen LogP contribution >= 0.6 is 0 Å². The lowest BCUT2D eigenvalue weighted by atomic mass is 9.71. The van der Waals surface area contributed by atoms with Gasteiger partial charge in [-0.25, -0.2) is 0 Å². The van der Waals surface area contributed by atoms with Gasteiger partial charge in [0.1, 0.15) is 0 Å². The van der Waals surface area contributed by atoms with Crippen LogP contribution in [-0.4, -0.2) is 0 Å². The number of hydrogen-bond acceptors (Lipinski definition) is 2. The fourth-order valence-corrected chi connectivity index (χ4v) is 3.40. The third-order valence-corrected chi connectivity index (χ3v) is 5.91. The van der Waals surface area contributed by atoms with Crippen molar-refractivity contribution in [3.8, 4) is 0 Å². The van der Waals surface area contributed by atoms with Crippen LogP contribution in [0.2, 0.25) is 0 Å². The van der Waals surface area contributed by atoms with Crippen LogP contribution in [0.5, 0.6) is 0 Å². The Morgan fingerprint density at radius 3 is 0.842 bits per heavy atom. The molecular formula is C17H42N2. The first kappa shape index (κ1) is 24.0. The van der Waals surface area contributed by atoms with Crippen LogP contribution < -0.4 is 12.3 Å². The van der Waals surface area contributed by atoms with Gasteiger partial charge in [0.05, 0.1) is 0 Å². The molecule has 0 aromatic carbocycles. The Bertz CT molecular complexity index is 145. The molecule has 0 aliphatic carbocycles. The Balaban J connectivity index is -0.00000128. The van der Waals surface area contributed by atoms with E-state index in [0.29, 0.717) is 10.8 Å². The largest absolute Gasteiger partial charge is 0.344 e. The standard InChI is InChI=1S/C17H36.2H3N/c1-7-16(8-2,9-3)14-13-15-17(10-4,11-5)12-6;;/h7-15H2,1-6H3;2*1H3. The maximum absolute atomic E-state index is 2.37. The van der Waals surface area contributed by atoms with E-state index in [-0.39, 0.29) is 12.3 Å². The smallest absolute Gasteiger partial charge is 0.0305 e. The van der Waals surface area contributed by atoms with Gasteiger partial charge in [-0.15, -0.1) is 0 Å². The van der Waals surface area contributed by atoms with Crippen LogP contribution in [0, 0.1) is 10.8 Å². The van der Waals surface area contributed by atoms with Crippen molar-refractivity contribution >= 4 is 0 Å². The van der Waals surface area contributed by atoms with E-state index in [4.69, 9.17) is 0 Å². The van der Waals surface area contributed by atoms with Crippen molar-refractivity contribution in [3.05, 3.63) is 0 Å². The summed E-state index contributed by atoms with van der Waals surface area (Å²) in [6, 6.07) is 0. The SMILES string of the molecule is CCC(CC)(CC)CCCC(CC)(CC)CC.N.N. The van der Waals surface area contributed by atoms with Crippen LogP contribution in [0.3, 0.4) is 0 Å². The molecule has 0 aliphatic heterocycles. The van der Waals surface area contributed by atoms with E-state index in [1.165, 1.54) is 57.8 Å². The minimum absolute atomic E-state index is 0.